The van der Waals surface area contributed by atoms with Crippen molar-refractivity contribution in [2.24, 2.45) is 5.92 Å². The number of aromatic hydroxyl groups is 6. The van der Waals surface area contributed by atoms with Crippen LogP contribution < -0.4 is 0 Å². The minimum atomic E-state index is -0.986. The van der Waals surface area contributed by atoms with Gasteiger partial charge in [-0.1, -0.05) is 53.6 Å². The summed E-state index contributed by atoms with van der Waals surface area (Å²) in [6.45, 7) is 5.64. The third-order valence-corrected chi connectivity index (χ3v) is 8.80. The lowest BCUT2D eigenvalue weighted by atomic mass is 9.65. The Morgan fingerprint density at radius 3 is 2.00 bits per heavy atom. The Morgan fingerprint density at radius 2 is 1.35 bits per heavy atom. The van der Waals surface area contributed by atoms with Gasteiger partial charge in [-0.2, -0.15) is 0 Å². The molecule has 5 rings (SSSR count). The molecule has 0 saturated carbocycles. The number of rotatable bonds is 9. The van der Waals surface area contributed by atoms with Crippen LogP contribution in [0.2, 0.25) is 0 Å². The van der Waals surface area contributed by atoms with Gasteiger partial charge in [0, 0.05) is 23.0 Å². The van der Waals surface area contributed by atoms with Gasteiger partial charge in [-0.3, -0.25) is 9.59 Å². The normalized spacial score (nSPS) is 17.6. The summed E-state index contributed by atoms with van der Waals surface area (Å²) in [6.07, 6.45) is 7.04. The minimum Gasteiger partial charge on any atom is -0.508 e. The number of allylic oxidation sites excluding steroid dienone is 5. The van der Waals surface area contributed by atoms with Crippen molar-refractivity contribution in [3.05, 3.63) is 136 Å². The first kappa shape index (κ1) is 33.6. The lowest BCUT2D eigenvalue weighted by molar-refractivity contribution is 0.0877. The van der Waals surface area contributed by atoms with E-state index in [1.807, 2.05) is 26.8 Å². The second-order valence-corrected chi connectivity index (χ2v) is 12.5. The van der Waals surface area contributed by atoms with Crippen LogP contribution in [0.15, 0.2) is 102 Å². The molecule has 0 aromatic heterocycles. The number of carbonyl (C=O) groups excluding carboxylic acids is 2. The number of hydrogen-bond donors (Lipinski definition) is 6. The zero-order valence-corrected chi connectivity index (χ0v) is 26.9. The SMILES string of the molecule is CC(C)=CCc1c(O)ccc(C(=O)C2C(c3c(O)ccc(C(=O)/C=C/c4ccc(O)cc4)c3O)C=C(C)CC2c2ccc(O)cc2)c1O. The van der Waals surface area contributed by atoms with Crippen molar-refractivity contribution in [2.45, 2.75) is 45.4 Å². The van der Waals surface area contributed by atoms with E-state index in [0.717, 1.165) is 16.7 Å². The molecule has 1 aliphatic rings. The molecule has 0 bridgehead atoms. The van der Waals surface area contributed by atoms with Gasteiger partial charge in [-0.05, 0) is 105 Å². The van der Waals surface area contributed by atoms with E-state index in [2.05, 4.69) is 0 Å². The predicted octanol–water partition coefficient (Wildman–Crippen LogP) is 8.04. The molecule has 246 valence electrons. The Bertz CT molecular complexity index is 1940. The van der Waals surface area contributed by atoms with Crippen molar-refractivity contribution >= 4 is 17.6 Å². The van der Waals surface area contributed by atoms with Gasteiger partial charge in [0.1, 0.15) is 34.5 Å². The Hall–Kier alpha value is -5.76. The number of phenols is 6. The van der Waals surface area contributed by atoms with Crippen LogP contribution >= 0.6 is 0 Å². The number of ketones is 2. The first-order valence-corrected chi connectivity index (χ1v) is 15.6. The van der Waals surface area contributed by atoms with Crippen molar-refractivity contribution in [1.82, 2.24) is 0 Å². The van der Waals surface area contributed by atoms with Gasteiger partial charge in [0.25, 0.3) is 0 Å². The zero-order chi connectivity index (χ0) is 34.7. The Morgan fingerprint density at radius 1 is 0.750 bits per heavy atom. The van der Waals surface area contributed by atoms with Crippen molar-refractivity contribution < 1.29 is 40.2 Å². The summed E-state index contributed by atoms with van der Waals surface area (Å²) >= 11 is 0. The molecule has 48 heavy (non-hydrogen) atoms. The summed E-state index contributed by atoms with van der Waals surface area (Å²) < 4.78 is 0. The third-order valence-electron chi connectivity index (χ3n) is 8.80. The molecule has 6 N–H and O–H groups in total. The maximum atomic E-state index is 14.7. The third kappa shape index (κ3) is 6.98. The average molecular weight is 647 g/mol. The van der Waals surface area contributed by atoms with E-state index in [1.54, 1.807) is 30.3 Å². The van der Waals surface area contributed by atoms with Crippen molar-refractivity contribution in [2.75, 3.05) is 0 Å². The van der Waals surface area contributed by atoms with E-state index in [9.17, 15) is 40.2 Å². The summed E-state index contributed by atoms with van der Waals surface area (Å²) in [4.78, 5) is 28.0. The van der Waals surface area contributed by atoms with Crippen LogP contribution in [0, 0.1) is 5.92 Å². The fourth-order valence-electron chi connectivity index (χ4n) is 6.34. The van der Waals surface area contributed by atoms with Crippen LogP contribution in [-0.4, -0.2) is 42.2 Å². The summed E-state index contributed by atoms with van der Waals surface area (Å²) in [6, 6.07) is 18.0. The van der Waals surface area contributed by atoms with Gasteiger partial charge < -0.3 is 30.6 Å². The summed E-state index contributed by atoms with van der Waals surface area (Å²) in [7, 11) is 0. The molecule has 4 aromatic rings. The lowest BCUT2D eigenvalue weighted by Gasteiger charge is -2.37. The second kappa shape index (κ2) is 13.9. The molecule has 0 fully saturated rings. The highest BCUT2D eigenvalue weighted by atomic mass is 16.3. The summed E-state index contributed by atoms with van der Waals surface area (Å²) in [5.74, 6) is -4.66. The highest BCUT2D eigenvalue weighted by molar-refractivity contribution is 6.09. The van der Waals surface area contributed by atoms with Crippen LogP contribution in [0.3, 0.4) is 0 Å². The lowest BCUT2D eigenvalue weighted by Crippen LogP contribution is -2.31. The van der Waals surface area contributed by atoms with E-state index in [1.165, 1.54) is 60.7 Å². The van der Waals surface area contributed by atoms with E-state index in [-0.39, 0.29) is 57.4 Å². The number of benzene rings is 4. The number of Topliss-reactive ketones (excluding diaryl/α,β-unsaturated/α-hetero) is 1. The Labute approximate surface area is 278 Å². The minimum absolute atomic E-state index is 0.0110. The molecule has 3 atom stereocenters. The molecule has 0 amide bonds. The van der Waals surface area contributed by atoms with E-state index in [0.29, 0.717) is 12.0 Å². The fraction of sp³-hybridized carbons (Fsp3) is 0.200. The second-order valence-electron chi connectivity index (χ2n) is 12.5. The Balaban J connectivity index is 1.65. The van der Waals surface area contributed by atoms with Crippen LogP contribution in [0.1, 0.15) is 82.0 Å². The Kier molecular flexibility index (Phi) is 9.75. The maximum absolute atomic E-state index is 14.7. The monoisotopic (exact) mass is 646 g/mol. The quantitative estimate of drug-likeness (QED) is 0.0606. The predicted molar refractivity (Wildman–Crippen MR) is 184 cm³/mol. The van der Waals surface area contributed by atoms with Crippen LogP contribution in [-0.2, 0) is 6.42 Å². The first-order chi connectivity index (χ1) is 22.8. The maximum Gasteiger partial charge on any atom is 0.189 e. The molecule has 0 spiro atoms. The number of hydrogen-bond acceptors (Lipinski definition) is 8. The largest absolute Gasteiger partial charge is 0.508 e. The highest BCUT2D eigenvalue weighted by Gasteiger charge is 2.43. The molecular weight excluding hydrogens is 608 g/mol. The molecule has 0 aliphatic heterocycles. The van der Waals surface area contributed by atoms with Crippen LogP contribution in [0.4, 0.5) is 0 Å². The van der Waals surface area contributed by atoms with Crippen molar-refractivity contribution in [3.63, 3.8) is 0 Å². The van der Waals surface area contributed by atoms with Crippen LogP contribution in [0.25, 0.3) is 6.08 Å². The van der Waals surface area contributed by atoms with Crippen LogP contribution in [0.5, 0.6) is 34.5 Å². The molecule has 8 heteroatoms. The van der Waals surface area contributed by atoms with Gasteiger partial charge in [0.15, 0.2) is 11.6 Å². The topological polar surface area (TPSA) is 156 Å². The first-order valence-electron chi connectivity index (χ1n) is 15.6. The molecule has 3 unspecified atom stereocenters. The zero-order valence-electron chi connectivity index (χ0n) is 26.9. The van der Waals surface area contributed by atoms with Crippen molar-refractivity contribution in [1.29, 1.82) is 0 Å². The van der Waals surface area contributed by atoms with Gasteiger partial charge in [0.05, 0.1) is 11.1 Å². The van der Waals surface area contributed by atoms with Crippen molar-refractivity contribution in [3.8, 4) is 34.5 Å². The molecule has 0 heterocycles. The van der Waals surface area contributed by atoms with E-state index in [4.69, 9.17) is 0 Å². The number of carbonyl (C=O) groups is 2. The molecule has 0 radical (unpaired) electrons. The smallest absolute Gasteiger partial charge is 0.189 e. The summed E-state index contributed by atoms with van der Waals surface area (Å²) in [5.41, 5.74) is 3.26. The van der Waals surface area contributed by atoms with Gasteiger partial charge >= 0.3 is 0 Å². The molecule has 1 aliphatic carbocycles. The summed E-state index contributed by atoms with van der Waals surface area (Å²) in [5, 5.41) is 64.3. The molecule has 8 nitrogen and oxygen atoms in total. The van der Waals surface area contributed by atoms with E-state index < -0.39 is 35.1 Å². The molecular formula is C40H38O8. The standard InChI is InChI=1S/C40H38O8/c1-22(2)4-14-28-34(44)18-16-30(38(28)46)40(48)36-31(25-8-12-27(42)13-9-25)20-23(3)21-32(36)37-35(45)19-15-29(39(37)47)33(43)17-7-24-5-10-26(41)11-6-24/h4-13,15-19,21,31-32,36,41-42,44-47H,14,20H2,1-3H3/b17-7+. The van der Waals surface area contributed by atoms with Gasteiger partial charge in [-0.25, -0.2) is 0 Å². The average Bonchev–Trinajstić information content (AvgIpc) is 3.04. The molecule has 4 aromatic carbocycles. The van der Waals surface area contributed by atoms with E-state index >= 15 is 0 Å². The molecule has 0 saturated heterocycles. The fourth-order valence-corrected chi connectivity index (χ4v) is 6.34. The highest BCUT2D eigenvalue weighted by Crippen LogP contribution is 2.52. The van der Waals surface area contributed by atoms with Gasteiger partial charge in [0.2, 0.25) is 0 Å². The van der Waals surface area contributed by atoms with Gasteiger partial charge in [-0.15, -0.1) is 0 Å². The number of phenolic OH excluding ortho intramolecular Hbond substituents is 6.